The standard InChI is InChI=1S/C10H19N3O/c1-8(2)7-14-12-9(3)10-5-11-13(4)6-10/h5-6,8-9,12H,7H2,1-4H3. The summed E-state index contributed by atoms with van der Waals surface area (Å²) in [6, 6.07) is 0.183. The van der Waals surface area contributed by atoms with Crippen LogP contribution in [-0.2, 0) is 11.9 Å². The van der Waals surface area contributed by atoms with Crippen LogP contribution in [0.15, 0.2) is 12.4 Å². The van der Waals surface area contributed by atoms with E-state index in [0.717, 1.165) is 12.2 Å². The summed E-state index contributed by atoms with van der Waals surface area (Å²) < 4.78 is 1.79. The monoisotopic (exact) mass is 197 g/mol. The summed E-state index contributed by atoms with van der Waals surface area (Å²) in [6.45, 7) is 7.02. The van der Waals surface area contributed by atoms with Crippen molar-refractivity contribution >= 4 is 0 Å². The molecule has 1 N–H and O–H groups in total. The fourth-order valence-electron chi connectivity index (χ4n) is 1.07. The minimum absolute atomic E-state index is 0.183. The Kier molecular flexibility index (Phi) is 4.10. The van der Waals surface area contributed by atoms with Gasteiger partial charge in [0, 0.05) is 18.8 Å². The molecule has 0 radical (unpaired) electrons. The molecule has 4 heteroatoms. The molecule has 0 aromatic carbocycles. The average Bonchev–Trinajstić information content (AvgIpc) is 2.51. The number of hydrogen-bond acceptors (Lipinski definition) is 3. The Bertz CT molecular complexity index is 270. The summed E-state index contributed by atoms with van der Waals surface area (Å²) in [5, 5.41) is 4.10. The molecule has 1 unspecified atom stereocenters. The van der Waals surface area contributed by atoms with Gasteiger partial charge in [0.25, 0.3) is 0 Å². The van der Waals surface area contributed by atoms with E-state index in [-0.39, 0.29) is 6.04 Å². The van der Waals surface area contributed by atoms with E-state index in [1.165, 1.54) is 0 Å². The van der Waals surface area contributed by atoms with Crippen LogP contribution in [0.1, 0.15) is 32.4 Å². The molecule has 1 atom stereocenters. The summed E-state index contributed by atoms with van der Waals surface area (Å²) in [5.41, 5.74) is 4.13. The van der Waals surface area contributed by atoms with Gasteiger partial charge in [0.05, 0.1) is 18.8 Å². The maximum atomic E-state index is 5.33. The molecule has 0 spiro atoms. The van der Waals surface area contributed by atoms with Gasteiger partial charge in [-0.05, 0) is 12.8 Å². The van der Waals surface area contributed by atoms with E-state index in [0.29, 0.717) is 5.92 Å². The fourth-order valence-corrected chi connectivity index (χ4v) is 1.07. The minimum Gasteiger partial charge on any atom is -0.301 e. The van der Waals surface area contributed by atoms with Crippen molar-refractivity contribution in [1.29, 1.82) is 0 Å². The lowest BCUT2D eigenvalue weighted by atomic mass is 10.2. The van der Waals surface area contributed by atoms with Crippen molar-refractivity contribution < 1.29 is 4.84 Å². The van der Waals surface area contributed by atoms with Crippen molar-refractivity contribution in [2.75, 3.05) is 6.61 Å². The molecule has 0 aliphatic rings. The third kappa shape index (κ3) is 3.47. The zero-order valence-electron chi connectivity index (χ0n) is 9.32. The molecular weight excluding hydrogens is 178 g/mol. The highest BCUT2D eigenvalue weighted by Crippen LogP contribution is 2.10. The molecule has 1 aromatic heterocycles. The molecule has 0 aliphatic carbocycles. The smallest absolute Gasteiger partial charge is 0.0705 e. The number of hydroxylamine groups is 1. The molecule has 0 saturated carbocycles. The van der Waals surface area contributed by atoms with E-state index < -0.39 is 0 Å². The lowest BCUT2D eigenvalue weighted by molar-refractivity contribution is 0.00408. The predicted octanol–water partition coefficient (Wildman–Crippen LogP) is 1.66. The molecule has 14 heavy (non-hydrogen) atoms. The highest BCUT2D eigenvalue weighted by atomic mass is 16.6. The van der Waals surface area contributed by atoms with E-state index in [1.807, 2.05) is 19.4 Å². The highest BCUT2D eigenvalue weighted by Gasteiger charge is 2.06. The normalized spacial score (nSPS) is 13.5. The first-order valence-corrected chi connectivity index (χ1v) is 4.95. The van der Waals surface area contributed by atoms with Crippen LogP contribution < -0.4 is 5.48 Å². The van der Waals surface area contributed by atoms with Crippen molar-refractivity contribution in [3.63, 3.8) is 0 Å². The Morgan fingerprint density at radius 2 is 2.21 bits per heavy atom. The SMILES string of the molecule is CC(C)CONC(C)c1cnn(C)c1. The van der Waals surface area contributed by atoms with Crippen LogP contribution in [0.5, 0.6) is 0 Å². The van der Waals surface area contributed by atoms with Gasteiger partial charge >= 0.3 is 0 Å². The molecule has 1 aromatic rings. The molecule has 0 fully saturated rings. The number of aromatic nitrogens is 2. The van der Waals surface area contributed by atoms with E-state index in [4.69, 9.17) is 4.84 Å². The first-order chi connectivity index (χ1) is 6.59. The summed E-state index contributed by atoms with van der Waals surface area (Å²) in [7, 11) is 1.91. The first kappa shape index (κ1) is 11.2. The second-order valence-corrected chi connectivity index (χ2v) is 3.99. The largest absolute Gasteiger partial charge is 0.301 e. The number of aryl methyl sites for hydroxylation is 1. The lowest BCUT2D eigenvalue weighted by Gasteiger charge is -2.13. The van der Waals surface area contributed by atoms with Gasteiger partial charge in [-0.1, -0.05) is 13.8 Å². The predicted molar refractivity (Wildman–Crippen MR) is 55.5 cm³/mol. The quantitative estimate of drug-likeness (QED) is 0.730. The molecule has 0 saturated heterocycles. The van der Waals surface area contributed by atoms with Crippen LogP contribution in [0, 0.1) is 5.92 Å². The fraction of sp³-hybridized carbons (Fsp3) is 0.700. The van der Waals surface area contributed by atoms with Gasteiger partial charge in [0.2, 0.25) is 0 Å². The second kappa shape index (κ2) is 5.12. The Labute approximate surface area is 85.2 Å². The molecule has 1 rings (SSSR count). The van der Waals surface area contributed by atoms with Crippen molar-refractivity contribution in [3.05, 3.63) is 18.0 Å². The summed E-state index contributed by atoms with van der Waals surface area (Å²) >= 11 is 0. The molecule has 0 aliphatic heterocycles. The van der Waals surface area contributed by atoms with Crippen LogP contribution in [-0.4, -0.2) is 16.4 Å². The zero-order chi connectivity index (χ0) is 10.6. The van der Waals surface area contributed by atoms with Crippen molar-refractivity contribution in [3.8, 4) is 0 Å². The van der Waals surface area contributed by atoms with Gasteiger partial charge in [0.15, 0.2) is 0 Å². The van der Waals surface area contributed by atoms with Crippen molar-refractivity contribution in [1.82, 2.24) is 15.3 Å². The number of rotatable bonds is 5. The van der Waals surface area contributed by atoms with E-state index >= 15 is 0 Å². The van der Waals surface area contributed by atoms with Gasteiger partial charge < -0.3 is 4.84 Å². The van der Waals surface area contributed by atoms with E-state index in [1.54, 1.807) is 4.68 Å². The first-order valence-electron chi connectivity index (χ1n) is 4.95. The van der Waals surface area contributed by atoms with Crippen LogP contribution >= 0.6 is 0 Å². The van der Waals surface area contributed by atoms with Gasteiger partial charge in [-0.2, -0.15) is 10.6 Å². The van der Waals surface area contributed by atoms with Gasteiger partial charge in [-0.25, -0.2) is 0 Å². The average molecular weight is 197 g/mol. The maximum absolute atomic E-state index is 5.33. The van der Waals surface area contributed by atoms with E-state index in [2.05, 4.69) is 31.3 Å². The summed E-state index contributed by atoms with van der Waals surface area (Å²) in [5.74, 6) is 0.545. The Morgan fingerprint density at radius 3 is 2.71 bits per heavy atom. The number of hydrogen-bond donors (Lipinski definition) is 1. The third-order valence-electron chi connectivity index (χ3n) is 1.90. The molecule has 4 nitrogen and oxygen atoms in total. The molecule has 80 valence electrons. The third-order valence-corrected chi connectivity index (χ3v) is 1.90. The zero-order valence-corrected chi connectivity index (χ0v) is 9.32. The van der Waals surface area contributed by atoms with Crippen LogP contribution in [0.4, 0.5) is 0 Å². The topological polar surface area (TPSA) is 39.1 Å². The van der Waals surface area contributed by atoms with Crippen LogP contribution in [0.3, 0.4) is 0 Å². The number of nitrogens with zero attached hydrogens (tertiary/aromatic N) is 2. The molecule has 0 bridgehead atoms. The van der Waals surface area contributed by atoms with Crippen LogP contribution in [0.2, 0.25) is 0 Å². The Hall–Kier alpha value is -0.870. The van der Waals surface area contributed by atoms with Gasteiger partial charge in [0.1, 0.15) is 0 Å². The minimum atomic E-state index is 0.183. The van der Waals surface area contributed by atoms with Crippen LogP contribution in [0.25, 0.3) is 0 Å². The molecular formula is C10H19N3O. The second-order valence-electron chi connectivity index (χ2n) is 3.99. The summed E-state index contributed by atoms with van der Waals surface area (Å²) in [4.78, 5) is 5.33. The van der Waals surface area contributed by atoms with Gasteiger partial charge in [-0.3, -0.25) is 4.68 Å². The summed E-state index contributed by atoms with van der Waals surface area (Å²) in [6.07, 6.45) is 3.83. The molecule has 1 heterocycles. The highest BCUT2D eigenvalue weighted by molar-refractivity contribution is 5.07. The number of nitrogens with one attached hydrogen (secondary N) is 1. The Morgan fingerprint density at radius 1 is 1.50 bits per heavy atom. The lowest BCUT2D eigenvalue weighted by Crippen LogP contribution is -2.21. The van der Waals surface area contributed by atoms with Crippen molar-refractivity contribution in [2.45, 2.75) is 26.8 Å². The molecule has 0 amide bonds. The maximum Gasteiger partial charge on any atom is 0.0705 e. The Balaban J connectivity index is 2.32. The van der Waals surface area contributed by atoms with Crippen molar-refractivity contribution in [2.24, 2.45) is 13.0 Å². The van der Waals surface area contributed by atoms with Gasteiger partial charge in [-0.15, -0.1) is 0 Å². The van der Waals surface area contributed by atoms with E-state index in [9.17, 15) is 0 Å².